The number of piperidine rings is 1. The van der Waals surface area contributed by atoms with E-state index in [1.54, 1.807) is 0 Å². The van der Waals surface area contributed by atoms with E-state index in [2.05, 4.69) is 30.3 Å². The molecular formula is C19H27N7O. The first-order chi connectivity index (χ1) is 13.2. The Morgan fingerprint density at radius 2 is 1.89 bits per heavy atom. The summed E-state index contributed by atoms with van der Waals surface area (Å²) in [6, 6.07) is 2.02. The van der Waals surface area contributed by atoms with Gasteiger partial charge in [0.2, 0.25) is 0 Å². The van der Waals surface area contributed by atoms with Crippen LogP contribution < -0.4 is 4.90 Å². The lowest BCUT2D eigenvalue weighted by Crippen LogP contribution is -2.40. The summed E-state index contributed by atoms with van der Waals surface area (Å²) in [5.74, 6) is 3.32. The number of aryl methyl sites for hydroxylation is 1. The number of aromatic nitrogens is 5. The van der Waals surface area contributed by atoms with Crippen molar-refractivity contribution in [2.75, 3.05) is 31.1 Å². The van der Waals surface area contributed by atoms with Crippen LogP contribution in [0.3, 0.4) is 0 Å². The first-order valence-electron chi connectivity index (χ1n) is 9.90. The molecule has 8 heteroatoms. The highest BCUT2D eigenvalue weighted by Gasteiger charge is 2.30. The van der Waals surface area contributed by atoms with Gasteiger partial charge in [-0.2, -0.15) is 15.4 Å². The van der Waals surface area contributed by atoms with E-state index < -0.39 is 0 Å². The fourth-order valence-electron chi connectivity index (χ4n) is 4.48. The third-order valence-corrected chi connectivity index (χ3v) is 5.99. The standard InChI is InChI=1S/C19H27N7O/c1-14-20-8-4-18(22-14)25-9-2-3-15(5-10-25)16-6-11-26(12-7-16)19(27)17-13-21-24-23-17/h4,8,13,15-16H,2-3,5-7,9-12H2,1H3,(H,21,23,24). The monoisotopic (exact) mass is 369 g/mol. The molecule has 2 aromatic rings. The van der Waals surface area contributed by atoms with Crippen molar-refractivity contribution < 1.29 is 4.79 Å². The summed E-state index contributed by atoms with van der Waals surface area (Å²) in [5.41, 5.74) is 0.415. The molecule has 144 valence electrons. The quantitative estimate of drug-likeness (QED) is 0.890. The van der Waals surface area contributed by atoms with Gasteiger partial charge in [0.25, 0.3) is 5.91 Å². The number of nitrogens with zero attached hydrogens (tertiary/aromatic N) is 6. The van der Waals surface area contributed by atoms with E-state index in [1.165, 1.54) is 25.5 Å². The fraction of sp³-hybridized carbons (Fsp3) is 0.632. The lowest BCUT2D eigenvalue weighted by molar-refractivity contribution is 0.0646. The van der Waals surface area contributed by atoms with Crippen molar-refractivity contribution in [2.45, 2.75) is 39.0 Å². The fourth-order valence-corrected chi connectivity index (χ4v) is 4.48. The second-order valence-corrected chi connectivity index (χ2v) is 7.62. The third-order valence-electron chi connectivity index (χ3n) is 5.99. The van der Waals surface area contributed by atoms with E-state index in [1.807, 2.05) is 24.1 Å². The molecular weight excluding hydrogens is 342 g/mol. The zero-order valence-corrected chi connectivity index (χ0v) is 15.8. The third kappa shape index (κ3) is 4.09. The summed E-state index contributed by atoms with van der Waals surface area (Å²) >= 11 is 0. The molecule has 2 fully saturated rings. The predicted octanol–water partition coefficient (Wildman–Crippen LogP) is 2.06. The van der Waals surface area contributed by atoms with Gasteiger partial charge in [-0.05, 0) is 56.9 Å². The van der Waals surface area contributed by atoms with Crippen molar-refractivity contribution in [1.82, 2.24) is 30.3 Å². The Bertz CT molecular complexity index is 755. The van der Waals surface area contributed by atoms with E-state index in [9.17, 15) is 4.79 Å². The number of carbonyl (C=O) groups is 1. The molecule has 27 heavy (non-hydrogen) atoms. The van der Waals surface area contributed by atoms with Gasteiger partial charge in [0.15, 0.2) is 5.69 Å². The van der Waals surface area contributed by atoms with Crippen LogP contribution in [0.4, 0.5) is 5.82 Å². The molecule has 1 atom stereocenters. The number of anilines is 1. The van der Waals surface area contributed by atoms with Gasteiger partial charge < -0.3 is 9.80 Å². The Balaban J connectivity index is 1.31. The lowest BCUT2D eigenvalue weighted by Gasteiger charge is -2.35. The van der Waals surface area contributed by atoms with Crippen LogP contribution in [-0.2, 0) is 0 Å². The van der Waals surface area contributed by atoms with E-state index in [0.29, 0.717) is 11.6 Å². The normalized spacial score (nSPS) is 21.9. The SMILES string of the molecule is Cc1nccc(N2CCCC(C3CCN(C(=O)c4cn[nH]n4)CC3)CC2)n1. The van der Waals surface area contributed by atoms with Gasteiger partial charge in [-0.3, -0.25) is 4.79 Å². The number of hydrogen-bond acceptors (Lipinski definition) is 6. The summed E-state index contributed by atoms with van der Waals surface area (Å²) in [4.78, 5) is 25.5. The highest BCUT2D eigenvalue weighted by Crippen LogP contribution is 2.33. The van der Waals surface area contributed by atoms with Gasteiger partial charge >= 0.3 is 0 Å². The number of aromatic amines is 1. The molecule has 2 aromatic heterocycles. The number of carbonyl (C=O) groups excluding carboxylic acids is 1. The molecule has 0 aliphatic carbocycles. The van der Waals surface area contributed by atoms with Gasteiger partial charge in [-0.25, -0.2) is 9.97 Å². The summed E-state index contributed by atoms with van der Waals surface area (Å²) in [7, 11) is 0. The molecule has 8 nitrogen and oxygen atoms in total. The van der Waals surface area contributed by atoms with Crippen LogP contribution in [-0.4, -0.2) is 62.4 Å². The number of likely N-dealkylation sites (tertiary alicyclic amines) is 1. The summed E-state index contributed by atoms with van der Waals surface area (Å²) in [6.45, 7) is 5.71. The van der Waals surface area contributed by atoms with Crippen LogP contribution in [0.2, 0.25) is 0 Å². The Hall–Kier alpha value is -2.51. The highest BCUT2D eigenvalue weighted by molar-refractivity contribution is 5.91. The van der Waals surface area contributed by atoms with Crippen LogP contribution in [0.25, 0.3) is 0 Å². The van der Waals surface area contributed by atoms with Crippen LogP contribution in [0.1, 0.15) is 48.4 Å². The van der Waals surface area contributed by atoms with Gasteiger partial charge in [0.1, 0.15) is 11.6 Å². The van der Waals surface area contributed by atoms with Gasteiger partial charge in [0, 0.05) is 32.4 Å². The molecule has 2 aliphatic rings. The van der Waals surface area contributed by atoms with Crippen molar-refractivity contribution in [1.29, 1.82) is 0 Å². The summed E-state index contributed by atoms with van der Waals surface area (Å²) < 4.78 is 0. The Morgan fingerprint density at radius 3 is 2.63 bits per heavy atom. The predicted molar refractivity (Wildman–Crippen MR) is 101 cm³/mol. The number of nitrogens with one attached hydrogen (secondary N) is 1. The largest absolute Gasteiger partial charge is 0.357 e. The van der Waals surface area contributed by atoms with Crippen molar-refractivity contribution in [3.05, 3.63) is 30.0 Å². The van der Waals surface area contributed by atoms with Gasteiger partial charge in [0.05, 0.1) is 6.20 Å². The van der Waals surface area contributed by atoms with Crippen molar-refractivity contribution in [3.8, 4) is 0 Å². The van der Waals surface area contributed by atoms with Gasteiger partial charge in [-0.15, -0.1) is 0 Å². The second kappa shape index (κ2) is 8.02. The zero-order chi connectivity index (χ0) is 18.6. The number of rotatable bonds is 3. The first-order valence-corrected chi connectivity index (χ1v) is 9.90. The minimum Gasteiger partial charge on any atom is -0.357 e. The van der Waals surface area contributed by atoms with E-state index >= 15 is 0 Å². The number of hydrogen-bond donors (Lipinski definition) is 1. The Labute approximate surface area is 159 Å². The summed E-state index contributed by atoms with van der Waals surface area (Å²) in [5, 5.41) is 10.2. The Morgan fingerprint density at radius 1 is 1.11 bits per heavy atom. The second-order valence-electron chi connectivity index (χ2n) is 7.62. The van der Waals surface area contributed by atoms with Gasteiger partial charge in [-0.1, -0.05) is 0 Å². The molecule has 2 saturated heterocycles. The van der Waals surface area contributed by atoms with Crippen LogP contribution in [0.5, 0.6) is 0 Å². The zero-order valence-electron chi connectivity index (χ0n) is 15.8. The van der Waals surface area contributed by atoms with E-state index in [0.717, 1.165) is 56.6 Å². The van der Waals surface area contributed by atoms with E-state index in [-0.39, 0.29) is 5.91 Å². The maximum absolute atomic E-state index is 12.4. The van der Waals surface area contributed by atoms with Crippen molar-refractivity contribution in [2.24, 2.45) is 11.8 Å². The van der Waals surface area contributed by atoms with Crippen molar-refractivity contribution in [3.63, 3.8) is 0 Å². The molecule has 0 saturated carbocycles. The van der Waals surface area contributed by atoms with Crippen molar-refractivity contribution >= 4 is 11.7 Å². The molecule has 0 spiro atoms. The highest BCUT2D eigenvalue weighted by atomic mass is 16.2. The maximum atomic E-state index is 12.4. The van der Waals surface area contributed by atoms with E-state index in [4.69, 9.17) is 0 Å². The molecule has 2 aliphatic heterocycles. The van der Waals surface area contributed by atoms with Crippen LogP contribution in [0, 0.1) is 18.8 Å². The summed E-state index contributed by atoms with van der Waals surface area (Å²) in [6.07, 6.45) is 9.19. The minimum absolute atomic E-state index is 0.00614. The molecule has 1 unspecified atom stereocenters. The smallest absolute Gasteiger partial charge is 0.276 e. The number of amides is 1. The molecule has 0 bridgehead atoms. The molecule has 4 rings (SSSR count). The topological polar surface area (TPSA) is 90.9 Å². The molecule has 0 aromatic carbocycles. The maximum Gasteiger partial charge on any atom is 0.276 e. The number of H-pyrrole nitrogens is 1. The molecule has 4 heterocycles. The molecule has 0 radical (unpaired) electrons. The first kappa shape index (κ1) is 17.9. The Kier molecular flexibility index (Phi) is 5.31. The van der Waals surface area contributed by atoms with Crippen LogP contribution in [0.15, 0.2) is 18.5 Å². The lowest BCUT2D eigenvalue weighted by atomic mass is 9.80. The average Bonchev–Trinajstić information content (AvgIpc) is 3.12. The minimum atomic E-state index is -0.00614. The molecule has 1 amide bonds. The average molecular weight is 369 g/mol. The van der Waals surface area contributed by atoms with Crippen LogP contribution >= 0.6 is 0 Å². The molecule has 1 N–H and O–H groups in total.